The molecule has 1 atom stereocenters. The Morgan fingerprint density at radius 2 is 2.11 bits per heavy atom. The highest BCUT2D eigenvalue weighted by molar-refractivity contribution is 5.94. The lowest BCUT2D eigenvalue weighted by atomic mass is 10.2. The number of benzene rings is 1. The molecule has 1 rings (SSSR count). The number of hydrogen-bond donors (Lipinski definition) is 3. The number of aliphatic hydroxyl groups excluding tert-OH is 1. The van der Waals surface area contributed by atoms with Gasteiger partial charge in [-0.2, -0.15) is 0 Å². The Labute approximate surface area is 110 Å². The molecule has 0 spiro atoms. The minimum absolute atomic E-state index is 0.600. The molecule has 6 nitrogen and oxygen atoms in total. The molecule has 102 valence electrons. The van der Waals surface area contributed by atoms with Crippen LogP contribution < -0.4 is 10.1 Å². The lowest BCUT2D eigenvalue weighted by molar-refractivity contribution is -0.142. The Kier molecular flexibility index (Phi) is 5.56. The van der Waals surface area contributed by atoms with Crippen LogP contribution in [0.3, 0.4) is 0 Å². The van der Waals surface area contributed by atoms with E-state index in [1.807, 2.05) is 0 Å². The number of carboxylic acid groups (broad SMARTS) is 1. The van der Waals surface area contributed by atoms with Crippen molar-refractivity contribution in [3.63, 3.8) is 0 Å². The zero-order chi connectivity index (χ0) is 14.3. The quantitative estimate of drug-likeness (QED) is 0.642. The summed E-state index contributed by atoms with van der Waals surface area (Å²) >= 11 is 0. The summed E-state index contributed by atoms with van der Waals surface area (Å²) < 4.78 is 5.10. The van der Waals surface area contributed by atoms with Crippen LogP contribution in [0.2, 0.25) is 0 Å². The Morgan fingerprint density at radius 3 is 2.68 bits per heavy atom. The standard InChI is InChI=1S/C13H15NO5/c1-19-11-5-3-2-4-9(11)6-7-12(16)14-10(8-15)13(17)18/h2-7,10,15H,8H2,1H3,(H,14,16)(H,17,18)/b7-6+. The van der Waals surface area contributed by atoms with Crippen molar-refractivity contribution in [3.8, 4) is 5.75 Å². The first-order valence-corrected chi connectivity index (χ1v) is 5.53. The molecule has 0 bridgehead atoms. The third kappa shape index (κ3) is 4.44. The lowest BCUT2D eigenvalue weighted by Gasteiger charge is -2.09. The smallest absolute Gasteiger partial charge is 0.328 e. The lowest BCUT2D eigenvalue weighted by Crippen LogP contribution is -2.42. The molecule has 0 heterocycles. The van der Waals surface area contributed by atoms with Gasteiger partial charge in [0.25, 0.3) is 0 Å². The largest absolute Gasteiger partial charge is 0.496 e. The van der Waals surface area contributed by atoms with E-state index in [1.54, 1.807) is 24.3 Å². The van der Waals surface area contributed by atoms with Gasteiger partial charge in [0.2, 0.25) is 5.91 Å². The molecule has 6 heteroatoms. The zero-order valence-corrected chi connectivity index (χ0v) is 10.4. The first kappa shape index (κ1) is 14.7. The number of para-hydroxylation sites is 1. The zero-order valence-electron chi connectivity index (χ0n) is 10.4. The van der Waals surface area contributed by atoms with E-state index in [9.17, 15) is 9.59 Å². The van der Waals surface area contributed by atoms with Gasteiger partial charge in [-0.15, -0.1) is 0 Å². The van der Waals surface area contributed by atoms with E-state index in [0.717, 1.165) is 0 Å². The molecule has 0 saturated carbocycles. The van der Waals surface area contributed by atoms with Gasteiger partial charge >= 0.3 is 5.97 Å². The summed E-state index contributed by atoms with van der Waals surface area (Å²) in [4.78, 5) is 22.1. The number of rotatable bonds is 6. The van der Waals surface area contributed by atoms with Crippen molar-refractivity contribution < 1.29 is 24.5 Å². The fourth-order valence-corrected chi connectivity index (χ4v) is 1.37. The van der Waals surface area contributed by atoms with Crippen LogP contribution in [0, 0.1) is 0 Å². The topological polar surface area (TPSA) is 95.9 Å². The predicted octanol–water partition coefficient (Wildman–Crippen LogP) is 0.270. The van der Waals surface area contributed by atoms with Gasteiger partial charge in [-0.05, 0) is 12.1 Å². The second-order valence-corrected chi connectivity index (χ2v) is 3.66. The summed E-state index contributed by atoms with van der Waals surface area (Å²) in [6.07, 6.45) is 2.69. The maximum Gasteiger partial charge on any atom is 0.328 e. The number of aliphatic carboxylic acids is 1. The molecule has 1 amide bonds. The van der Waals surface area contributed by atoms with Crippen LogP contribution in [0.5, 0.6) is 5.75 Å². The number of carbonyl (C=O) groups excluding carboxylic acids is 1. The van der Waals surface area contributed by atoms with Gasteiger partial charge < -0.3 is 20.3 Å². The highest BCUT2D eigenvalue weighted by Gasteiger charge is 2.17. The molecule has 0 aliphatic heterocycles. The minimum Gasteiger partial charge on any atom is -0.496 e. The van der Waals surface area contributed by atoms with Gasteiger partial charge in [-0.1, -0.05) is 18.2 Å². The van der Waals surface area contributed by atoms with Crippen molar-refractivity contribution in [2.24, 2.45) is 0 Å². The number of aliphatic hydroxyl groups is 1. The molecule has 1 aromatic rings. The molecule has 1 aromatic carbocycles. The van der Waals surface area contributed by atoms with E-state index in [4.69, 9.17) is 14.9 Å². The highest BCUT2D eigenvalue weighted by atomic mass is 16.5. The van der Waals surface area contributed by atoms with Crippen LogP contribution in [0.4, 0.5) is 0 Å². The summed E-state index contributed by atoms with van der Waals surface area (Å²) in [5.74, 6) is -1.29. The van der Waals surface area contributed by atoms with Gasteiger partial charge in [-0.25, -0.2) is 4.79 Å². The van der Waals surface area contributed by atoms with Crippen molar-refractivity contribution in [3.05, 3.63) is 35.9 Å². The van der Waals surface area contributed by atoms with Gasteiger partial charge in [0.15, 0.2) is 6.04 Å². The van der Waals surface area contributed by atoms with Crippen molar-refractivity contribution in [2.75, 3.05) is 13.7 Å². The molecule has 0 radical (unpaired) electrons. The first-order valence-electron chi connectivity index (χ1n) is 5.53. The Morgan fingerprint density at radius 1 is 1.42 bits per heavy atom. The molecule has 1 unspecified atom stereocenters. The Hall–Kier alpha value is -2.34. The summed E-state index contributed by atoms with van der Waals surface area (Å²) in [5, 5.41) is 19.6. The molecule has 0 aliphatic rings. The average Bonchev–Trinajstić information content (AvgIpc) is 2.42. The molecular formula is C13H15NO5. The monoisotopic (exact) mass is 265 g/mol. The van der Waals surface area contributed by atoms with Crippen LogP contribution in [-0.4, -0.2) is 41.8 Å². The molecule has 19 heavy (non-hydrogen) atoms. The Balaban J connectivity index is 2.70. The van der Waals surface area contributed by atoms with Gasteiger partial charge in [0.05, 0.1) is 13.7 Å². The van der Waals surface area contributed by atoms with E-state index in [0.29, 0.717) is 11.3 Å². The van der Waals surface area contributed by atoms with Crippen LogP contribution in [-0.2, 0) is 9.59 Å². The van der Waals surface area contributed by atoms with E-state index in [-0.39, 0.29) is 0 Å². The number of nitrogens with one attached hydrogen (secondary N) is 1. The average molecular weight is 265 g/mol. The predicted molar refractivity (Wildman–Crippen MR) is 68.7 cm³/mol. The highest BCUT2D eigenvalue weighted by Crippen LogP contribution is 2.18. The number of carbonyl (C=O) groups is 2. The maximum absolute atomic E-state index is 11.5. The summed E-state index contributed by atoms with van der Waals surface area (Å²) in [5.41, 5.74) is 0.691. The SMILES string of the molecule is COc1ccccc1/C=C/C(=O)NC(CO)C(=O)O. The van der Waals surface area contributed by atoms with Crippen LogP contribution >= 0.6 is 0 Å². The maximum atomic E-state index is 11.5. The number of hydrogen-bond acceptors (Lipinski definition) is 4. The number of amides is 1. The number of ether oxygens (including phenoxy) is 1. The fraction of sp³-hybridized carbons (Fsp3) is 0.231. The van der Waals surface area contributed by atoms with Crippen molar-refractivity contribution in [1.29, 1.82) is 0 Å². The van der Waals surface area contributed by atoms with Crippen molar-refractivity contribution in [1.82, 2.24) is 5.32 Å². The second-order valence-electron chi connectivity index (χ2n) is 3.66. The van der Waals surface area contributed by atoms with Gasteiger partial charge in [0, 0.05) is 11.6 Å². The molecule has 0 aliphatic carbocycles. The normalized spacial score (nSPS) is 12.1. The van der Waals surface area contributed by atoms with Crippen molar-refractivity contribution in [2.45, 2.75) is 6.04 Å². The third-order valence-corrected chi connectivity index (χ3v) is 2.35. The number of carboxylic acids is 1. The van der Waals surface area contributed by atoms with Gasteiger partial charge in [0.1, 0.15) is 5.75 Å². The van der Waals surface area contributed by atoms with E-state index in [1.165, 1.54) is 19.3 Å². The van der Waals surface area contributed by atoms with Crippen LogP contribution in [0.25, 0.3) is 6.08 Å². The first-order chi connectivity index (χ1) is 9.08. The van der Waals surface area contributed by atoms with Gasteiger partial charge in [-0.3, -0.25) is 4.79 Å². The van der Waals surface area contributed by atoms with E-state index >= 15 is 0 Å². The third-order valence-electron chi connectivity index (χ3n) is 2.35. The second kappa shape index (κ2) is 7.17. The fourth-order valence-electron chi connectivity index (χ4n) is 1.37. The number of methoxy groups -OCH3 is 1. The van der Waals surface area contributed by atoms with E-state index in [2.05, 4.69) is 5.32 Å². The van der Waals surface area contributed by atoms with Crippen LogP contribution in [0.15, 0.2) is 30.3 Å². The molecule has 3 N–H and O–H groups in total. The van der Waals surface area contributed by atoms with Crippen molar-refractivity contribution >= 4 is 18.0 Å². The van der Waals surface area contributed by atoms with Crippen LogP contribution in [0.1, 0.15) is 5.56 Å². The van der Waals surface area contributed by atoms with E-state index < -0.39 is 24.5 Å². The molecule has 0 fully saturated rings. The molecular weight excluding hydrogens is 250 g/mol. The molecule has 0 aromatic heterocycles. The summed E-state index contributed by atoms with van der Waals surface area (Å²) in [6, 6.07) is 5.76. The Bertz CT molecular complexity index is 484. The summed E-state index contributed by atoms with van der Waals surface area (Å²) in [6.45, 7) is -0.663. The molecule has 0 saturated heterocycles. The summed E-state index contributed by atoms with van der Waals surface area (Å²) in [7, 11) is 1.51. The minimum atomic E-state index is -1.31.